The minimum absolute atomic E-state index is 0.0548. The second kappa shape index (κ2) is 10.6. The second-order valence-electron chi connectivity index (χ2n) is 11.5. The van der Waals surface area contributed by atoms with Crippen LogP contribution in [0.5, 0.6) is 0 Å². The summed E-state index contributed by atoms with van der Waals surface area (Å²) < 4.78 is 35.2. The average Bonchev–Trinajstić information content (AvgIpc) is 2.71. The molecule has 0 fully saturated rings. The maximum atomic E-state index is 17.2. The summed E-state index contributed by atoms with van der Waals surface area (Å²) in [6, 6.07) is 8.31. The van der Waals surface area contributed by atoms with E-state index in [0.29, 0.717) is 20.8 Å². The van der Waals surface area contributed by atoms with Crippen molar-refractivity contribution in [1.82, 2.24) is 0 Å². The van der Waals surface area contributed by atoms with Gasteiger partial charge in [-0.3, -0.25) is 0 Å². The Morgan fingerprint density at radius 1 is 0.424 bits per heavy atom. The molecule has 0 nitrogen and oxygen atoms in total. The average molecular weight is 524 g/mol. The Morgan fingerprint density at radius 3 is 0.788 bits per heavy atom. The molecule has 0 N–H and O–H groups in total. The molecule has 0 aliphatic carbocycles. The van der Waals surface area contributed by atoms with Gasteiger partial charge in [0.05, 0.1) is 0 Å². The van der Waals surface area contributed by atoms with Crippen molar-refractivity contribution in [3.63, 3.8) is 0 Å². The number of hydrogen-bond donors (Lipinski definition) is 0. The second-order valence-corrected chi connectivity index (χ2v) is 15.1. The molecule has 2 aromatic rings. The van der Waals surface area contributed by atoms with Crippen molar-refractivity contribution < 1.29 is 7.10 Å². The Morgan fingerprint density at radius 2 is 0.636 bits per heavy atom. The van der Waals surface area contributed by atoms with Crippen LogP contribution in [0, 0.1) is 0 Å². The number of benzene rings is 2. The number of halogens is 2. The van der Waals surface area contributed by atoms with Gasteiger partial charge < -0.3 is 0 Å². The SMILES string of the molecule is CC(C)c1cc(C(C)C)c([Se](F)(F)c2c(C(C)C)cc(C(C)C)cc2C(C)C)c(C(C)C)c1. The zero-order valence-electron chi connectivity index (χ0n) is 22.9. The van der Waals surface area contributed by atoms with Crippen LogP contribution in [0.3, 0.4) is 0 Å². The predicted octanol–water partition coefficient (Wildman–Crippen LogP) is 8.92. The third kappa shape index (κ3) is 5.73. The fourth-order valence-corrected chi connectivity index (χ4v) is 9.86. The van der Waals surface area contributed by atoms with Crippen LogP contribution in [0.2, 0.25) is 0 Å². The van der Waals surface area contributed by atoms with E-state index < -0.39 is 13.8 Å². The van der Waals surface area contributed by atoms with Crippen molar-refractivity contribution in [3.8, 4) is 0 Å². The van der Waals surface area contributed by atoms with Crippen LogP contribution in [0.4, 0.5) is 7.10 Å². The minimum atomic E-state index is -5.24. The number of hydrogen-bond acceptors (Lipinski definition) is 0. The number of rotatable bonds is 8. The molecule has 0 bridgehead atoms. The van der Waals surface area contributed by atoms with Gasteiger partial charge in [0.15, 0.2) is 0 Å². The monoisotopic (exact) mass is 524 g/mol. The summed E-state index contributed by atoms with van der Waals surface area (Å²) in [7, 11) is 0. The molecule has 186 valence electrons. The van der Waals surface area contributed by atoms with Crippen molar-refractivity contribution >= 4 is 22.7 Å². The van der Waals surface area contributed by atoms with E-state index in [9.17, 15) is 0 Å². The molecule has 0 saturated heterocycles. The van der Waals surface area contributed by atoms with Crippen molar-refractivity contribution in [1.29, 1.82) is 0 Å². The Bertz CT molecular complexity index is 830. The molecule has 2 aromatic carbocycles. The van der Waals surface area contributed by atoms with Crippen LogP contribution in [-0.4, -0.2) is 13.8 Å². The van der Waals surface area contributed by atoms with Gasteiger partial charge in [-0.05, 0) is 0 Å². The summed E-state index contributed by atoms with van der Waals surface area (Å²) in [6.45, 7) is 25.1. The van der Waals surface area contributed by atoms with Crippen molar-refractivity contribution in [2.24, 2.45) is 0 Å². The molecule has 0 radical (unpaired) electrons. The van der Waals surface area contributed by atoms with E-state index in [-0.39, 0.29) is 23.7 Å². The van der Waals surface area contributed by atoms with Gasteiger partial charge in [0.1, 0.15) is 0 Å². The van der Waals surface area contributed by atoms with E-state index in [1.54, 1.807) is 0 Å². The molecule has 0 unspecified atom stereocenters. The van der Waals surface area contributed by atoms with Crippen LogP contribution in [-0.2, 0) is 0 Å². The van der Waals surface area contributed by atoms with Gasteiger partial charge in [-0.25, -0.2) is 0 Å². The molecular formula is C30H46F2Se. The zero-order chi connectivity index (χ0) is 25.4. The summed E-state index contributed by atoms with van der Waals surface area (Å²) in [4.78, 5) is 0. The molecular weight excluding hydrogens is 477 g/mol. The van der Waals surface area contributed by atoms with E-state index in [2.05, 4.69) is 107 Å². The molecule has 2 rings (SSSR count). The molecule has 0 aliphatic heterocycles. The van der Waals surface area contributed by atoms with Crippen molar-refractivity contribution in [2.75, 3.05) is 0 Å². The summed E-state index contributed by atoms with van der Waals surface area (Å²) in [5.41, 5.74) is 5.75. The summed E-state index contributed by atoms with van der Waals surface area (Å²) >= 11 is -5.24. The topological polar surface area (TPSA) is 0 Å². The van der Waals surface area contributed by atoms with E-state index in [1.807, 2.05) is 0 Å². The first-order chi connectivity index (χ1) is 15.1. The molecule has 33 heavy (non-hydrogen) atoms. The van der Waals surface area contributed by atoms with E-state index in [1.165, 1.54) is 11.1 Å². The molecule has 0 amide bonds. The van der Waals surface area contributed by atoms with Crippen molar-refractivity contribution in [2.45, 2.75) is 119 Å². The van der Waals surface area contributed by atoms with Gasteiger partial charge in [0, 0.05) is 0 Å². The van der Waals surface area contributed by atoms with E-state index in [4.69, 9.17) is 0 Å². The normalized spacial score (nSPS) is 13.5. The van der Waals surface area contributed by atoms with Gasteiger partial charge in [-0.15, -0.1) is 0 Å². The van der Waals surface area contributed by atoms with Crippen LogP contribution in [0.25, 0.3) is 0 Å². The zero-order valence-corrected chi connectivity index (χ0v) is 24.7. The van der Waals surface area contributed by atoms with Crippen LogP contribution in [0.15, 0.2) is 24.3 Å². The fraction of sp³-hybridized carbons (Fsp3) is 0.600. The fourth-order valence-electron chi connectivity index (χ4n) is 4.47. The van der Waals surface area contributed by atoms with Gasteiger partial charge in [-0.1, -0.05) is 0 Å². The Labute approximate surface area is 205 Å². The molecule has 3 heteroatoms. The Balaban J connectivity index is 3.06. The summed E-state index contributed by atoms with van der Waals surface area (Å²) in [5, 5.41) is 0. The van der Waals surface area contributed by atoms with Crippen molar-refractivity contribution in [3.05, 3.63) is 57.6 Å². The van der Waals surface area contributed by atoms with Crippen LogP contribution in [0.1, 0.15) is 152 Å². The molecule has 0 aromatic heterocycles. The van der Waals surface area contributed by atoms with Gasteiger partial charge in [0.25, 0.3) is 0 Å². The molecule has 0 saturated carbocycles. The third-order valence-corrected chi connectivity index (χ3v) is 10.8. The quantitative estimate of drug-likeness (QED) is 0.303. The molecule has 0 aliphatic rings. The first-order valence-electron chi connectivity index (χ1n) is 12.7. The third-order valence-electron chi connectivity index (χ3n) is 6.67. The maximum absolute atomic E-state index is 17.2. The first-order valence-corrected chi connectivity index (χ1v) is 15.7. The standard InChI is InChI=1S/C30H46F2Se/c1-17(2)23-13-25(19(5)6)29(26(14-23)20(7)8)33(31,32)30-27(21(9)10)15-24(18(3)4)16-28(30)22(11)12/h13-22H,1-12H3. The van der Waals surface area contributed by atoms with E-state index in [0.717, 1.165) is 22.3 Å². The first kappa shape index (κ1) is 28.1. The molecule has 0 spiro atoms. The summed E-state index contributed by atoms with van der Waals surface area (Å²) in [6.07, 6.45) is 0. The van der Waals surface area contributed by atoms with Gasteiger partial charge in [0.2, 0.25) is 0 Å². The molecule has 0 atom stereocenters. The van der Waals surface area contributed by atoms with Crippen LogP contribution < -0.4 is 8.92 Å². The Kier molecular flexibility index (Phi) is 9.02. The van der Waals surface area contributed by atoms with Crippen LogP contribution >= 0.6 is 0 Å². The molecule has 0 heterocycles. The summed E-state index contributed by atoms with van der Waals surface area (Å²) in [5.74, 6) is 0.847. The van der Waals surface area contributed by atoms with Gasteiger partial charge >= 0.3 is 206 Å². The van der Waals surface area contributed by atoms with Gasteiger partial charge in [-0.2, -0.15) is 0 Å². The predicted molar refractivity (Wildman–Crippen MR) is 145 cm³/mol. The Hall–Kier alpha value is -1.18. The van der Waals surface area contributed by atoms with E-state index >= 15 is 7.10 Å².